The third-order valence-corrected chi connectivity index (χ3v) is 2.56. The summed E-state index contributed by atoms with van der Waals surface area (Å²) in [4.78, 5) is 7.43. The molecule has 2 aromatic rings. The van der Waals surface area contributed by atoms with Crippen molar-refractivity contribution in [2.45, 2.75) is 20.0 Å². The summed E-state index contributed by atoms with van der Waals surface area (Å²) >= 11 is 0. The van der Waals surface area contributed by atoms with E-state index in [0.717, 1.165) is 35.9 Å². The third-order valence-electron chi connectivity index (χ3n) is 2.56. The Morgan fingerprint density at radius 2 is 2.12 bits per heavy atom. The van der Waals surface area contributed by atoms with E-state index in [9.17, 15) is 0 Å². The Kier molecular flexibility index (Phi) is 3.77. The van der Waals surface area contributed by atoms with Gasteiger partial charge in [-0.1, -0.05) is 18.2 Å². The van der Waals surface area contributed by atoms with Crippen LogP contribution < -0.4 is 10.1 Å². The van der Waals surface area contributed by atoms with Crippen molar-refractivity contribution in [3.63, 3.8) is 0 Å². The molecule has 0 aliphatic carbocycles. The average Bonchev–Trinajstić information content (AvgIpc) is 2.76. The normalized spacial score (nSPS) is 10.5. The molecule has 17 heavy (non-hydrogen) atoms. The van der Waals surface area contributed by atoms with Crippen molar-refractivity contribution in [2.24, 2.45) is 0 Å². The second kappa shape index (κ2) is 5.50. The highest BCUT2D eigenvalue weighted by atomic mass is 16.5. The molecule has 0 spiro atoms. The number of aromatic amines is 1. The lowest BCUT2D eigenvalue weighted by Gasteiger charge is -2.08. The highest BCUT2D eigenvalue weighted by Crippen LogP contribution is 2.16. The fourth-order valence-corrected chi connectivity index (χ4v) is 1.72. The molecule has 0 radical (unpaired) electrons. The van der Waals surface area contributed by atoms with Crippen LogP contribution in [0, 0.1) is 6.92 Å². The highest BCUT2D eigenvalue weighted by Gasteiger charge is 2.01. The zero-order valence-electron chi connectivity index (χ0n) is 10.2. The quantitative estimate of drug-likeness (QED) is 0.827. The van der Waals surface area contributed by atoms with E-state index in [0.29, 0.717) is 0 Å². The van der Waals surface area contributed by atoms with Gasteiger partial charge in [-0.15, -0.1) is 0 Å². The number of imidazole rings is 1. The van der Waals surface area contributed by atoms with Crippen molar-refractivity contribution in [1.82, 2.24) is 15.3 Å². The van der Waals surface area contributed by atoms with Crippen molar-refractivity contribution in [2.75, 3.05) is 7.11 Å². The number of H-pyrrole nitrogens is 1. The van der Waals surface area contributed by atoms with Crippen LogP contribution in [0.2, 0.25) is 0 Å². The van der Waals surface area contributed by atoms with Gasteiger partial charge in [0.15, 0.2) is 0 Å². The SMILES string of the molecule is COc1ccccc1CNCc1ncc(C)[nH]1. The van der Waals surface area contributed by atoms with Gasteiger partial charge in [0.1, 0.15) is 11.6 Å². The minimum absolute atomic E-state index is 0.728. The Balaban J connectivity index is 1.89. The molecule has 4 nitrogen and oxygen atoms in total. The third kappa shape index (κ3) is 3.07. The fraction of sp³-hybridized carbons (Fsp3) is 0.308. The van der Waals surface area contributed by atoms with Crippen molar-refractivity contribution >= 4 is 0 Å². The number of rotatable bonds is 5. The van der Waals surface area contributed by atoms with E-state index >= 15 is 0 Å². The molecule has 2 N–H and O–H groups in total. The minimum atomic E-state index is 0.728. The summed E-state index contributed by atoms with van der Waals surface area (Å²) in [6.07, 6.45) is 1.83. The average molecular weight is 231 g/mol. The van der Waals surface area contributed by atoms with E-state index in [-0.39, 0.29) is 0 Å². The second-order valence-corrected chi connectivity index (χ2v) is 3.93. The van der Waals surface area contributed by atoms with Gasteiger partial charge in [-0.3, -0.25) is 0 Å². The fourth-order valence-electron chi connectivity index (χ4n) is 1.72. The molecule has 0 saturated carbocycles. The van der Waals surface area contributed by atoms with Gasteiger partial charge in [0.05, 0.1) is 13.7 Å². The maximum Gasteiger partial charge on any atom is 0.123 e. The van der Waals surface area contributed by atoms with Crippen LogP contribution >= 0.6 is 0 Å². The van der Waals surface area contributed by atoms with Gasteiger partial charge in [0, 0.05) is 24.0 Å². The lowest BCUT2D eigenvalue weighted by molar-refractivity contribution is 0.407. The van der Waals surface area contributed by atoms with Crippen LogP contribution in [0.25, 0.3) is 0 Å². The molecule has 2 rings (SSSR count). The molecule has 0 unspecified atom stereocenters. The van der Waals surface area contributed by atoms with Gasteiger partial charge in [0.2, 0.25) is 0 Å². The summed E-state index contributed by atoms with van der Waals surface area (Å²) in [5.41, 5.74) is 2.23. The first-order chi connectivity index (χ1) is 8.29. The van der Waals surface area contributed by atoms with Crippen molar-refractivity contribution < 1.29 is 4.74 Å². The largest absolute Gasteiger partial charge is 0.496 e. The molecule has 1 aromatic heterocycles. The number of methoxy groups -OCH3 is 1. The number of para-hydroxylation sites is 1. The first-order valence-corrected chi connectivity index (χ1v) is 5.62. The van der Waals surface area contributed by atoms with E-state index in [1.807, 2.05) is 31.3 Å². The zero-order valence-corrected chi connectivity index (χ0v) is 10.2. The van der Waals surface area contributed by atoms with Crippen molar-refractivity contribution in [3.8, 4) is 5.75 Å². The molecule has 0 atom stereocenters. The Morgan fingerprint density at radius 3 is 2.82 bits per heavy atom. The van der Waals surface area contributed by atoms with Crippen LogP contribution in [0.15, 0.2) is 30.5 Å². The van der Waals surface area contributed by atoms with E-state index in [1.54, 1.807) is 7.11 Å². The Hall–Kier alpha value is -1.81. The lowest BCUT2D eigenvalue weighted by atomic mass is 10.2. The molecule has 0 amide bonds. The number of hydrogen-bond acceptors (Lipinski definition) is 3. The second-order valence-electron chi connectivity index (χ2n) is 3.93. The van der Waals surface area contributed by atoms with Crippen LogP contribution in [0.1, 0.15) is 17.1 Å². The molecule has 0 aliphatic heterocycles. The van der Waals surface area contributed by atoms with E-state index in [4.69, 9.17) is 4.74 Å². The summed E-state index contributed by atoms with van der Waals surface area (Å²) in [6.45, 7) is 3.49. The molecule has 1 aromatic carbocycles. The van der Waals surface area contributed by atoms with Gasteiger partial charge in [0.25, 0.3) is 0 Å². The van der Waals surface area contributed by atoms with E-state index in [2.05, 4.69) is 21.4 Å². The van der Waals surface area contributed by atoms with Crippen molar-refractivity contribution in [3.05, 3.63) is 47.5 Å². The molecule has 1 heterocycles. The number of nitrogens with one attached hydrogen (secondary N) is 2. The van der Waals surface area contributed by atoms with Crippen LogP contribution in [-0.4, -0.2) is 17.1 Å². The minimum Gasteiger partial charge on any atom is -0.496 e. The molecule has 0 fully saturated rings. The summed E-state index contributed by atoms with van der Waals surface area (Å²) < 4.78 is 5.29. The maximum atomic E-state index is 5.29. The Bertz CT molecular complexity index is 479. The summed E-state index contributed by atoms with van der Waals surface area (Å²) in [6, 6.07) is 8.00. The predicted molar refractivity (Wildman–Crippen MR) is 66.9 cm³/mol. The number of hydrogen-bond donors (Lipinski definition) is 2. The maximum absolute atomic E-state index is 5.29. The van der Waals surface area contributed by atoms with Crippen LogP contribution in [0.4, 0.5) is 0 Å². The zero-order chi connectivity index (χ0) is 12.1. The topological polar surface area (TPSA) is 49.9 Å². The van der Waals surface area contributed by atoms with Gasteiger partial charge >= 0.3 is 0 Å². The molecule has 0 saturated heterocycles. The number of ether oxygens (including phenoxy) is 1. The molecule has 0 aliphatic rings. The molecule has 0 bridgehead atoms. The predicted octanol–water partition coefficient (Wildman–Crippen LogP) is 2.02. The first-order valence-electron chi connectivity index (χ1n) is 5.62. The molecule has 90 valence electrons. The van der Waals surface area contributed by atoms with E-state index in [1.165, 1.54) is 0 Å². The highest BCUT2D eigenvalue weighted by molar-refractivity contribution is 5.32. The smallest absolute Gasteiger partial charge is 0.123 e. The van der Waals surface area contributed by atoms with Crippen LogP contribution in [-0.2, 0) is 13.1 Å². The standard InChI is InChI=1S/C13H17N3O/c1-10-7-15-13(16-10)9-14-8-11-5-3-4-6-12(11)17-2/h3-7,14H,8-9H2,1-2H3,(H,15,16). The number of aromatic nitrogens is 2. The van der Waals surface area contributed by atoms with Gasteiger partial charge in [-0.05, 0) is 13.0 Å². The number of nitrogens with zero attached hydrogens (tertiary/aromatic N) is 1. The van der Waals surface area contributed by atoms with Gasteiger partial charge < -0.3 is 15.0 Å². The van der Waals surface area contributed by atoms with E-state index < -0.39 is 0 Å². The molecular formula is C13H17N3O. The number of aryl methyl sites for hydroxylation is 1. The van der Waals surface area contributed by atoms with Crippen LogP contribution in [0.5, 0.6) is 5.75 Å². The van der Waals surface area contributed by atoms with Gasteiger partial charge in [-0.25, -0.2) is 4.98 Å². The Labute approximate surface area is 101 Å². The summed E-state index contributed by atoms with van der Waals surface area (Å²) in [5, 5.41) is 3.33. The molecule has 4 heteroatoms. The van der Waals surface area contributed by atoms with Crippen molar-refractivity contribution in [1.29, 1.82) is 0 Å². The van der Waals surface area contributed by atoms with Crippen LogP contribution in [0.3, 0.4) is 0 Å². The molecular weight excluding hydrogens is 214 g/mol. The Morgan fingerprint density at radius 1 is 1.29 bits per heavy atom. The lowest BCUT2D eigenvalue weighted by Crippen LogP contribution is -2.14. The summed E-state index contributed by atoms with van der Waals surface area (Å²) in [5.74, 6) is 1.87. The van der Waals surface area contributed by atoms with Gasteiger partial charge in [-0.2, -0.15) is 0 Å². The summed E-state index contributed by atoms with van der Waals surface area (Å²) in [7, 11) is 1.69. The first kappa shape index (κ1) is 11.7. The number of benzene rings is 1. The monoisotopic (exact) mass is 231 g/mol.